The minimum absolute atomic E-state index is 1.12. The van der Waals surface area contributed by atoms with Gasteiger partial charge in [-0.3, -0.25) is 0 Å². The molecule has 0 amide bonds. The van der Waals surface area contributed by atoms with E-state index in [1.54, 1.807) is 5.57 Å². The molecule has 0 bridgehead atoms. The fourth-order valence-corrected chi connectivity index (χ4v) is 5.73. The van der Waals surface area contributed by atoms with Crippen molar-refractivity contribution in [1.82, 2.24) is 0 Å². The first kappa shape index (κ1) is 43.3. The number of allylic oxidation sites excluding steroid dienone is 6. The van der Waals surface area contributed by atoms with Crippen LogP contribution in [-0.4, -0.2) is 0 Å². The van der Waals surface area contributed by atoms with E-state index in [2.05, 4.69) is 51.2 Å². The molecule has 0 radical (unpaired) electrons. The first-order chi connectivity index (χ1) is 20.8. The summed E-state index contributed by atoms with van der Waals surface area (Å²) in [7, 11) is 0. The van der Waals surface area contributed by atoms with Crippen molar-refractivity contribution >= 4 is 0 Å². The highest BCUT2D eigenvalue weighted by Gasteiger charge is 2.01. The predicted octanol–water partition coefficient (Wildman–Crippen LogP) is 16.2. The molecule has 0 N–H and O–H groups in total. The Hall–Kier alpha value is -0.780. The van der Waals surface area contributed by atoms with Crippen molar-refractivity contribution in [1.29, 1.82) is 0 Å². The molecule has 0 atom stereocenters. The van der Waals surface area contributed by atoms with E-state index in [9.17, 15) is 0 Å². The summed E-state index contributed by atoms with van der Waals surface area (Å²) in [5, 5.41) is 0. The molecule has 0 unspecified atom stereocenters. The van der Waals surface area contributed by atoms with Crippen LogP contribution < -0.4 is 0 Å². The standard InChI is InChI=1S/C40H76.C2H6/c1-4-7-10-13-15-17-19-21-23-25-27-29-32-35-38-40(37-34-31-12-9-6-3)39-36-33-30-28-26-24-22-20-18-16-14-11-8-5-2;1-2/h13,15,19,21,37H,4-12,14,16-18,20,22-36,38-39H2,1-3H3;1-2H3/b15-13+,21-19+,40-37-;. The molecule has 0 nitrogen and oxygen atoms in total. The van der Waals surface area contributed by atoms with Gasteiger partial charge in [-0.1, -0.05) is 205 Å². The fraction of sp³-hybridized carbons (Fsp3) is 0.857. The zero-order valence-corrected chi connectivity index (χ0v) is 30.3. The van der Waals surface area contributed by atoms with Gasteiger partial charge in [0.25, 0.3) is 0 Å². The maximum Gasteiger partial charge on any atom is -0.0169 e. The van der Waals surface area contributed by atoms with E-state index in [0.717, 1.165) is 6.42 Å². The average Bonchev–Trinajstić information content (AvgIpc) is 3.01. The minimum atomic E-state index is 1.12. The van der Waals surface area contributed by atoms with Gasteiger partial charge in [-0.25, -0.2) is 0 Å². The average molecular weight is 587 g/mol. The molecule has 0 aliphatic heterocycles. The van der Waals surface area contributed by atoms with E-state index in [1.165, 1.54) is 193 Å². The van der Waals surface area contributed by atoms with Crippen LogP contribution in [0.15, 0.2) is 36.0 Å². The number of rotatable bonds is 33. The molecule has 250 valence electrons. The molecule has 0 aliphatic rings. The van der Waals surface area contributed by atoms with E-state index in [4.69, 9.17) is 0 Å². The van der Waals surface area contributed by atoms with Gasteiger partial charge in [0.05, 0.1) is 0 Å². The van der Waals surface area contributed by atoms with Gasteiger partial charge in [0.1, 0.15) is 0 Å². The molecule has 0 heterocycles. The van der Waals surface area contributed by atoms with Crippen LogP contribution in [0.4, 0.5) is 0 Å². The Morgan fingerprint density at radius 1 is 0.333 bits per heavy atom. The largest absolute Gasteiger partial charge is 0.0882 e. The van der Waals surface area contributed by atoms with E-state index in [0.29, 0.717) is 0 Å². The smallest absolute Gasteiger partial charge is 0.0169 e. The van der Waals surface area contributed by atoms with Gasteiger partial charge in [-0.2, -0.15) is 0 Å². The summed E-state index contributed by atoms with van der Waals surface area (Å²) in [6, 6.07) is 0. The predicted molar refractivity (Wildman–Crippen MR) is 198 cm³/mol. The van der Waals surface area contributed by atoms with Crippen molar-refractivity contribution in [2.24, 2.45) is 0 Å². The monoisotopic (exact) mass is 587 g/mol. The molecule has 0 aromatic carbocycles. The van der Waals surface area contributed by atoms with Crippen molar-refractivity contribution in [3.63, 3.8) is 0 Å². The van der Waals surface area contributed by atoms with Crippen molar-refractivity contribution in [3.8, 4) is 0 Å². The van der Waals surface area contributed by atoms with Crippen molar-refractivity contribution in [3.05, 3.63) is 36.0 Å². The molecular weight excluding hydrogens is 504 g/mol. The lowest BCUT2D eigenvalue weighted by atomic mass is 9.97. The summed E-state index contributed by atoms with van der Waals surface area (Å²) in [5.74, 6) is 0. The number of hydrogen-bond acceptors (Lipinski definition) is 0. The highest BCUT2D eigenvalue weighted by molar-refractivity contribution is 5.02. The zero-order chi connectivity index (χ0) is 31.0. The quantitative estimate of drug-likeness (QED) is 0.0530. The summed E-state index contributed by atoms with van der Waals surface area (Å²) in [6.07, 6.45) is 55.5. The molecule has 0 saturated carbocycles. The SMILES string of the molecule is CC.CCCC/C=C/C/C=C/CCCCCCC/C(=C/CCCCCC)CCCCCCCCCCCCCCCC. The maximum atomic E-state index is 2.65. The molecule has 0 aromatic heterocycles. The first-order valence-electron chi connectivity index (χ1n) is 19.8. The van der Waals surface area contributed by atoms with Crippen LogP contribution in [0.2, 0.25) is 0 Å². The molecule has 0 aromatic rings. The van der Waals surface area contributed by atoms with Crippen LogP contribution in [0, 0.1) is 0 Å². The van der Waals surface area contributed by atoms with Crippen molar-refractivity contribution in [2.45, 2.75) is 234 Å². The van der Waals surface area contributed by atoms with Crippen molar-refractivity contribution < 1.29 is 0 Å². The molecule has 0 spiro atoms. The summed E-state index contributed by atoms with van der Waals surface area (Å²) in [6.45, 7) is 10.9. The lowest BCUT2D eigenvalue weighted by Gasteiger charge is -2.09. The zero-order valence-electron chi connectivity index (χ0n) is 30.3. The first-order valence-corrected chi connectivity index (χ1v) is 19.8. The third-order valence-electron chi connectivity index (χ3n) is 8.54. The summed E-state index contributed by atoms with van der Waals surface area (Å²) in [4.78, 5) is 0. The second kappa shape index (κ2) is 42.4. The van der Waals surface area contributed by atoms with Crippen LogP contribution in [0.25, 0.3) is 0 Å². The lowest BCUT2D eigenvalue weighted by Crippen LogP contribution is -1.89. The molecule has 0 fully saturated rings. The maximum absolute atomic E-state index is 2.65. The molecular formula is C42H82. The van der Waals surface area contributed by atoms with Crippen LogP contribution in [0.3, 0.4) is 0 Å². The minimum Gasteiger partial charge on any atom is -0.0882 e. The summed E-state index contributed by atoms with van der Waals surface area (Å²) < 4.78 is 0. The summed E-state index contributed by atoms with van der Waals surface area (Å²) >= 11 is 0. The van der Waals surface area contributed by atoms with Gasteiger partial charge in [0.2, 0.25) is 0 Å². The third kappa shape index (κ3) is 39.2. The topological polar surface area (TPSA) is 0 Å². The Morgan fingerprint density at radius 2 is 0.667 bits per heavy atom. The highest BCUT2D eigenvalue weighted by Crippen LogP contribution is 2.20. The number of unbranched alkanes of at least 4 members (excludes halogenated alkanes) is 24. The summed E-state index contributed by atoms with van der Waals surface area (Å²) in [5.41, 5.74) is 1.80. The van der Waals surface area contributed by atoms with Gasteiger partial charge in [-0.05, 0) is 64.2 Å². The van der Waals surface area contributed by atoms with Crippen LogP contribution in [0.5, 0.6) is 0 Å². The molecule has 0 rings (SSSR count). The Bertz CT molecular complexity index is 536. The van der Waals surface area contributed by atoms with Gasteiger partial charge < -0.3 is 0 Å². The Labute approximate surface area is 269 Å². The van der Waals surface area contributed by atoms with Crippen LogP contribution in [-0.2, 0) is 0 Å². The highest BCUT2D eigenvalue weighted by atomic mass is 14.1. The molecule has 0 heteroatoms. The second-order valence-corrected chi connectivity index (χ2v) is 12.7. The third-order valence-corrected chi connectivity index (χ3v) is 8.54. The molecule has 0 saturated heterocycles. The van der Waals surface area contributed by atoms with E-state index >= 15 is 0 Å². The Balaban J connectivity index is 0. The van der Waals surface area contributed by atoms with Gasteiger partial charge in [0.15, 0.2) is 0 Å². The van der Waals surface area contributed by atoms with E-state index in [-0.39, 0.29) is 0 Å². The molecule has 42 heavy (non-hydrogen) atoms. The van der Waals surface area contributed by atoms with Gasteiger partial charge in [0, 0.05) is 0 Å². The Kier molecular flexibility index (Phi) is 43.7. The van der Waals surface area contributed by atoms with Crippen LogP contribution in [0.1, 0.15) is 234 Å². The molecule has 0 aliphatic carbocycles. The second-order valence-electron chi connectivity index (χ2n) is 12.7. The van der Waals surface area contributed by atoms with Crippen molar-refractivity contribution in [2.75, 3.05) is 0 Å². The lowest BCUT2D eigenvalue weighted by molar-refractivity contribution is 0.534. The van der Waals surface area contributed by atoms with Crippen LogP contribution >= 0.6 is 0 Å². The van der Waals surface area contributed by atoms with Gasteiger partial charge >= 0.3 is 0 Å². The normalized spacial score (nSPS) is 12.0. The Morgan fingerprint density at radius 3 is 1.12 bits per heavy atom. The van der Waals surface area contributed by atoms with E-state index in [1.807, 2.05) is 13.8 Å². The van der Waals surface area contributed by atoms with Gasteiger partial charge in [-0.15, -0.1) is 0 Å². The van der Waals surface area contributed by atoms with E-state index < -0.39 is 0 Å². The number of hydrogen-bond donors (Lipinski definition) is 0. The fourth-order valence-electron chi connectivity index (χ4n) is 5.73.